The summed E-state index contributed by atoms with van der Waals surface area (Å²) in [6.07, 6.45) is -7.82. The van der Waals surface area contributed by atoms with Gasteiger partial charge in [-0.25, -0.2) is 0 Å². The first kappa shape index (κ1) is 17.9. The van der Waals surface area contributed by atoms with Gasteiger partial charge in [-0.3, -0.25) is 4.79 Å². The third-order valence-electron chi connectivity index (χ3n) is 4.49. The number of halogens is 6. The molecular weight excluding hydrogens is 350 g/mol. The van der Waals surface area contributed by atoms with Crippen LogP contribution in [0.1, 0.15) is 24.0 Å². The van der Waals surface area contributed by atoms with Crippen molar-refractivity contribution in [3.8, 4) is 0 Å². The number of amides is 1. The standard InChI is InChI=1S/C16H16F6N2O/c17-15(18,19)11-3-4-12(16(20,21)22)13(9-11)23-5-7-24(8-6-23)14(25)10-1-2-10/h3-4,9-10H,1-2,5-8H2. The van der Waals surface area contributed by atoms with E-state index in [0.29, 0.717) is 18.2 Å². The van der Waals surface area contributed by atoms with Crippen molar-refractivity contribution in [2.24, 2.45) is 5.92 Å². The molecule has 0 aromatic heterocycles. The molecule has 0 bridgehead atoms. The van der Waals surface area contributed by atoms with E-state index in [1.807, 2.05) is 0 Å². The van der Waals surface area contributed by atoms with Crippen molar-refractivity contribution in [1.29, 1.82) is 0 Å². The molecule has 2 fully saturated rings. The fourth-order valence-corrected chi connectivity index (χ4v) is 2.97. The summed E-state index contributed by atoms with van der Waals surface area (Å²) in [6, 6.07) is 1.46. The van der Waals surface area contributed by atoms with Crippen LogP contribution in [0.15, 0.2) is 18.2 Å². The Bertz CT molecular complexity index is 658. The highest BCUT2D eigenvalue weighted by Crippen LogP contribution is 2.41. The van der Waals surface area contributed by atoms with Gasteiger partial charge in [-0.2, -0.15) is 26.3 Å². The molecule has 1 amide bonds. The van der Waals surface area contributed by atoms with Crippen LogP contribution in [0.3, 0.4) is 0 Å². The highest BCUT2D eigenvalue weighted by Gasteiger charge is 2.40. The van der Waals surface area contributed by atoms with E-state index in [2.05, 4.69) is 0 Å². The second-order valence-corrected chi connectivity index (χ2v) is 6.31. The second-order valence-electron chi connectivity index (χ2n) is 6.31. The molecule has 0 spiro atoms. The second kappa shape index (κ2) is 6.10. The molecule has 1 aliphatic heterocycles. The minimum atomic E-state index is -4.75. The summed E-state index contributed by atoms with van der Waals surface area (Å²) in [6.45, 7) is 0.567. The Kier molecular flexibility index (Phi) is 4.36. The molecule has 1 aliphatic carbocycles. The molecule has 9 heteroatoms. The SMILES string of the molecule is O=C(C1CC1)N1CCN(c2cc(C(F)(F)F)ccc2C(F)(F)F)CC1. The topological polar surface area (TPSA) is 23.6 Å². The molecule has 0 atom stereocenters. The smallest absolute Gasteiger partial charge is 0.367 e. The Balaban J connectivity index is 1.83. The van der Waals surface area contributed by atoms with Crippen molar-refractivity contribution in [3.05, 3.63) is 29.3 Å². The van der Waals surface area contributed by atoms with Gasteiger partial charge in [0.2, 0.25) is 5.91 Å². The van der Waals surface area contributed by atoms with Crippen LogP contribution >= 0.6 is 0 Å². The minimum Gasteiger partial charge on any atom is -0.367 e. The summed E-state index contributed by atoms with van der Waals surface area (Å²) in [4.78, 5) is 14.8. The molecule has 2 aliphatic rings. The Labute approximate surface area is 140 Å². The van der Waals surface area contributed by atoms with E-state index in [9.17, 15) is 31.1 Å². The molecule has 3 nitrogen and oxygen atoms in total. The van der Waals surface area contributed by atoms with Gasteiger partial charge in [0.05, 0.1) is 11.1 Å². The number of alkyl halides is 6. The van der Waals surface area contributed by atoms with E-state index in [0.717, 1.165) is 12.8 Å². The maximum absolute atomic E-state index is 13.2. The zero-order valence-electron chi connectivity index (χ0n) is 13.1. The Morgan fingerprint density at radius 3 is 2.00 bits per heavy atom. The number of benzene rings is 1. The number of rotatable bonds is 2. The van der Waals surface area contributed by atoms with Gasteiger partial charge in [0, 0.05) is 37.8 Å². The number of hydrogen-bond acceptors (Lipinski definition) is 2. The van der Waals surface area contributed by atoms with Gasteiger partial charge in [-0.05, 0) is 31.0 Å². The van der Waals surface area contributed by atoms with Crippen LogP contribution < -0.4 is 4.90 Å². The van der Waals surface area contributed by atoms with Crippen molar-refractivity contribution >= 4 is 11.6 Å². The van der Waals surface area contributed by atoms with E-state index in [-0.39, 0.29) is 38.0 Å². The van der Waals surface area contributed by atoms with E-state index in [1.165, 1.54) is 4.90 Å². The van der Waals surface area contributed by atoms with Gasteiger partial charge in [-0.15, -0.1) is 0 Å². The molecule has 1 saturated carbocycles. The summed E-state index contributed by atoms with van der Waals surface area (Å²) in [5.74, 6) is -0.00872. The van der Waals surface area contributed by atoms with Crippen LogP contribution in [0.4, 0.5) is 32.0 Å². The molecule has 1 heterocycles. The summed E-state index contributed by atoms with van der Waals surface area (Å²) in [5.41, 5.74) is -2.70. The number of anilines is 1. The number of piperazine rings is 1. The zero-order chi connectivity index (χ0) is 18.4. The lowest BCUT2D eigenvalue weighted by Gasteiger charge is -2.37. The number of carbonyl (C=O) groups is 1. The highest BCUT2D eigenvalue weighted by atomic mass is 19.4. The molecule has 1 aromatic rings. The third-order valence-corrected chi connectivity index (χ3v) is 4.49. The van der Waals surface area contributed by atoms with Gasteiger partial charge < -0.3 is 9.80 Å². The van der Waals surface area contributed by atoms with Crippen LogP contribution in [0.5, 0.6) is 0 Å². The predicted molar refractivity (Wildman–Crippen MR) is 78.0 cm³/mol. The maximum Gasteiger partial charge on any atom is 0.418 e. The molecule has 1 saturated heterocycles. The molecule has 0 radical (unpaired) electrons. The van der Waals surface area contributed by atoms with Gasteiger partial charge in [-0.1, -0.05) is 0 Å². The Morgan fingerprint density at radius 1 is 0.920 bits per heavy atom. The van der Waals surface area contributed by atoms with Crippen LogP contribution in [0.25, 0.3) is 0 Å². The molecule has 3 rings (SSSR count). The van der Waals surface area contributed by atoms with Gasteiger partial charge >= 0.3 is 12.4 Å². The average molecular weight is 366 g/mol. The first-order valence-corrected chi connectivity index (χ1v) is 7.89. The van der Waals surface area contributed by atoms with Crippen LogP contribution in [0, 0.1) is 5.92 Å². The largest absolute Gasteiger partial charge is 0.418 e. The lowest BCUT2D eigenvalue weighted by atomic mass is 10.1. The van der Waals surface area contributed by atoms with Gasteiger partial charge in [0.15, 0.2) is 0 Å². The van der Waals surface area contributed by atoms with Crippen LogP contribution in [0.2, 0.25) is 0 Å². The van der Waals surface area contributed by atoms with Crippen molar-refractivity contribution in [2.75, 3.05) is 31.1 Å². The lowest BCUT2D eigenvalue weighted by molar-refractivity contribution is -0.141. The van der Waals surface area contributed by atoms with Crippen molar-refractivity contribution in [3.63, 3.8) is 0 Å². The van der Waals surface area contributed by atoms with Gasteiger partial charge in [0.1, 0.15) is 0 Å². The Morgan fingerprint density at radius 2 is 1.52 bits per heavy atom. The van der Waals surface area contributed by atoms with Gasteiger partial charge in [0.25, 0.3) is 0 Å². The summed E-state index contributed by atoms with van der Waals surface area (Å²) in [5, 5.41) is 0. The highest BCUT2D eigenvalue weighted by molar-refractivity contribution is 5.81. The zero-order valence-corrected chi connectivity index (χ0v) is 13.1. The molecular formula is C16H16F6N2O. The first-order valence-electron chi connectivity index (χ1n) is 7.89. The van der Waals surface area contributed by atoms with E-state index in [4.69, 9.17) is 0 Å². The lowest BCUT2D eigenvalue weighted by Crippen LogP contribution is -2.49. The first-order chi connectivity index (χ1) is 11.6. The summed E-state index contributed by atoms with van der Waals surface area (Å²) in [7, 11) is 0. The quantitative estimate of drug-likeness (QED) is 0.744. The molecule has 0 unspecified atom stereocenters. The van der Waals surface area contributed by atoms with Crippen molar-refractivity contribution < 1.29 is 31.1 Å². The monoisotopic (exact) mass is 366 g/mol. The van der Waals surface area contributed by atoms with E-state index in [1.54, 1.807) is 4.90 Å². The summed E-state index contributed by atoms with van der Waals surface area (Å²) < 4.78 is 78.2. The van der Waals surface area contributed by atoms with E-state index >= 15 is 0 Å². The maximum atomic E-state index is 13.2. The molecule has 1 aromatic carbocycles. The Hall–Kier alpha value is -1.93. The minimum absolute atomic E-state index is 0.00541. The molecule has 138 valence electrons. The van der Waals surface area contributed by atoms with Crippen molar-refractivity contribution in [1.82, 2.24) is 4.90 Å². The summed E-state index contributed by atoms with van der Waals surface area (Å²) >= 11 is 0. The fourth-order valence-electron chi connectivity index (χ4n) is 2.97. The predicted octanol–water partition coefficient (Wildman–Crippen LogP) is 3.78. The van der Waals surface area contributed by atoms with E-state index < -0.39 is 29.2 Å². The van der Waals surface area contributed by atoms with Crippen LogP contribution in [-0.2, 0) is 17.1 Å². The van der Waals surface area contributed by atoms with Crippen LogP contribution in [-0.4, -0.2) is 37.0 Å². The molecule has 25 heavy (non-hydrogen) atoms. The van der Waals surface area contributed by atoms with Crippen molar-refractivity contribution in [2.45, 2.75) is 25.2 Å². The third kappa shape index (κ3) is 3.85. The molecule has 0 N–H and O–H groups in total. The number of carbonyl (C=O) groups excluding carboxylic acids is 1. The number of hydrogen-bond donors (Lipinski definition) is 0. The normalized spacial score (nSPS) is 19.3. The average Bonchev–Trinajstić information content (AvgIpc) is 3.37. The number of nitrogens with zero attached hydrogens (tertiary/aromatic N) is 2. The fraction of sp³-hybridized carbons (Fsp3) is 0.562.